The van der Waals surface area contributed by atoms with Crippen molar-refractivity contribution < 1.29 is 14.4 Å². The SMILES string of the molecule is C=C(Cl)CNc1cc(OC)c(OC)cc1[N+](=O)[O-]. The second-order valence-electron chi connectivity index (χ2n) is 3.35. The number of hydrogen-bond acceptors (Lipinski definition) is 5. The Morgan fingerprint density at radius 3 is 2.44 bits per heavy atom. The first-order valence-electron chi connectivity index (χ1n) is 4.97. The van der Waals surface area contributed by atoms with Crippen molar-refractivity contribution in [3.63, 3.8) is 0 Å². The average molecular weight is 273 g/mol. The van der Waals surface area contributed by atoms with E-state index in [0.717, 1.165) is 0 Å². The zero-order valence-electron chi connectivity index (χ0n) is 10.0. The van der Waals surface area contributed by atoms with Crippen molar-refractivity contribution >= 4 is 23.0 Å². The van der Waals surface area contributed by atoms with Gasteiger partial charge in [0.2, 0.25) is 0 Å². The lowest BCUT2D eigenvalue weighted by Gasteiger charge is -2.11. The van der Waals surface area contributed by atoms with E-state index in [0.29, 0.717) is 22.2 Å². The number of hydrogen-bond donors (Lipinski definition) is 1. The fraction of sp³-hybridized carbons (Fsp3) is 0.273. The maximum Gasteiger partial charge on any atom is 0.296 e. The van der Waals surface area contributed by atoms with Crippen molar-refractivity contribution in [3.8, 4) is 11.5 Å². The highest BCUT2D eigenvalue weighted by molar-refractivity contribution is 6.29. The minimum Gasteiger partial charge on any atom is -0.493 e. The molecule has 6 nitrogen and oxygen atoms in total. The molecule has 0 aromatic heterocycles. The van der Waals surface area contributed by atoms with E-state index < -0.39 is 4.92 Å². The smallest absolute Gasteiger partial charge is 0.296 e. The summed E-state index contributed by atoms with van der Waals surface area (Å²) in [6.45, 7) is 3.72. The highest BCUT2D eigenvalue weighted by Crippen LogP contribution is 2.37. The molecule has 0 unspecified atom stereocenters. The van der Waals surface area contributed by atoms with Crippen LogP contribution in [-0.2, 0) is 0 Å². The second-order valence-corrected chi connectivity index (χ2v) is 3.89. The molecule has 0 radical (unpaired) electrons. The Labute approximate surface area is 109 Å². The zero-order valence-corrected chi connectivity index (χ0v) is 10.8. The Hall–Kier alpha value is -1.95. The fourth-order valence-electron chi connectivity index (χ4n) is 1.35. The van der Waals surface area contributed by atoms with Crippen molar-refractivity contribution in [1.29, 1.82) is 0 Å². The van der Waals surface area contributed by atoms with Crippen LogP contribution in [0.25, 0.3) is 0 Å². The number of anilines is 1. The number of ether oxygens (including phenoxy) is 2. The summed E-state index contributed by atoms with van der Waals surface area (Å²) in [5.41, 5.74) is 0.171. The molecule has 1 N–H and O–H groups in total. The van der Waals surface area contributed by atoms with Gasteiger partial charge in [-0.05, 0) is 0 Å². The van der Waals surface area contributed by atoms with Gasteiger partial charge >= 0.3 is 0 Å². The Morgan fingerprint density at radius 2 is 2.00 bits per heavy atom. The van der Waals surface area contributed by atoms with Crippen LogP contribution in [0.5, 0.6) is 11.5 Å². The molecule has 0 spiro atoms. The summed E-state index contributed by atoms with van der Waals surface area (Å²) >= 11 is 5.61. The molecule has 7 heteroatoms. The number of rotatable bonds is 6. The number of nitrogens with zero attached hydrogens (tertiary/aromatic N) is 1. The van der Waals surface area contributed by atoms with Crippen molar-refractivity contribution in [2.24, 2.45) is 0 Å². The molecule has 0 aliphatic carbocycles. The lowest BCUT2D eigenvalue weighted by molar-refractivity contribution is -0.384. The first-order chi connectivity index (χ1) is 8.49. The monoisotopic (exact) mass is 272 g/mol. The number of benzene rings is 1. The van der Waals surface area contributed by atoms with E-state index in [4.69, 9.17) is 21.1 Å². The molecule has 1 aromatic rings. The molecule has 98 valence electrons. The van der Waals surface area contributed by atoms with Gasteiger partial charge < -0.3 is 14.8 Å². The van der Waals surface area contributed by atoms with Gasteiger partial charge in [-0.2, -0.15) is 0 Å². The summed E-state index contributed by atoms with van der Waals surface area (Å²) in [6, 6.07) is 2.77. The van der Waals surface area contributed by atoms with Crippen LogP contribution in [0.2, 0.25) is 0 Å². The second kappa shape index (κ2) is 6.11. The van der Waals surface area contributed by atoms with Gasteiger partial charge in [-0.3, -0.25) is 10.1 Å². The first kappa shape index (κ1) is 14.1. The summed E-state index contributed by atoms with van der Waals surface area (Å²) in [4.78, 5) is 10.4. The molecule has 0 bridgehead atoms. The Balaban J connectivity index is 3.20. The summed E-state index contributed by atoms with van der Waals surface area (Å²) < 4.78 is 10.1. The topological polar surface area (TPSA) is 73.6 Å². The minimum absolute atomic E-state index is 0.120. The van der Waals surface area contributed by atoms with Crippen LogP contribution >= 0.6 is 11.6 Å². The van der Waals surface area contributed by atoms with Crippen LogP contribution in [0.1, 0.15) is 0 Å². The Morgan fingerprint density at radius 1 is 1.44 bits per heavy atom. The molecule has 1 rings (SSSR count). The van der Waals surface area contributed by atoms with Gasteiger partial charge in [0.15, 0.2) is 11.5 Å². The van der Waals surface area contributed by atoms with Gasteiger partial charge in [-0.15, -0.1) is 0 Å². The highest BCUT2D eigenvalue weighted by atomic mass is 35.5. The molecule has 0 saturated carbocycles. The van der Waals surface area contributed by atoms with Gasteiger partial charge in [0, 0.05) is 11.1 Å². The predicted molar refractivity (Wildman–Crippen MR) is 69.7 cm³/mol. The van der Waals surface area contributed by atoms with E-state index in [-0.39, 0.29) is 12.2 Å². The summed E-state index contributed by atoms with van der Waals surface area (Å²) in [7, 11) is 2.86. The number of halogens is 1. The molecular weight excluding hydrogens is 260 g/mol. The van der Waals surface area contributed by atoms with Crippen LogP contribution in [0.3, 0.4) is 0 Å². The quantitative estimate of drug-likeness (QED) is 0.637. The largest absolute Gasteiger partial charge is 0.493 e. The third-order valence-electron chi connectivity index (χ3n) is 2.17. The average Bonchev–Trinajstić information content (AvgIpc) is 2.34. The van der Waals surface area contributed by atoms with E-state index in [2.05, 4.69) is 11.9 Å². The molecule has 0 aliphatic rings. The lowest BCUT2D eigenvalue weighted by Crippen LogP contribution is -2.05. The van der Waals surface area contributed by atoms with Gasteiger partial charge in [-0.1, -0.05) is 18.2 Å². The molecule has 0 amide bonds. The van der Waals surface area contributed by atoms with Crippen LogP contribution in [0.4, 0.5) is 11.4 Å². The zero-order chi connectivity index (χ0) is 13.7. The fourth-order valence-corrected chi connectivity index (χ4v) is 1.42. The summed E-state index contributed by atoms with van der Waals surface area (Å²) in [6.07, 6.45) is 0. The van der Waals surface area contributed by atoms with E-state index in [9.17, 15) is 10.1 Å². The van der Waals surface area contributed by atoms with Crippen molar-refractivity contribution in [2.45, 2.75) is 0 Å². The minimum atomic E-state index is -0.513. The maximum absolute atomic E-state index is 10.9. The molecule has 0 heterocycles. The third kappa shape index (κ3) is 3.27. The van der Waals surface area contributed by atoms with E-state index in [1.54, 1.807) is 0 Å². The Kier molecular flexibility index (Phi) is 4.79. The molecule has 18 heavy (non-hydrogen) atoms. The lowest BCUT2D eigenvalue weighted by atomic mass is 10.2. The normalized spacial score (nSPS) is 9.72. The van der Waals surface area contributed by atoms with Gasteiger partial charge in [0.1, 0.15) is 5.69 Å². The number of nitro benzene ring substituents is 1. The summed E-state index contributed by atoms with van der Waals surface area (Å²) in [5.74, 6) is 0.685. The van der Waals surface area contributed by atoms with E-state index in [1.165, 1.54) is 26.4 Å². The van der Waals surface area contributed by atoms with Gasteiger partial charge in [0.05, 0.1) is 31.8 Å². The van der Waals surface area contributed by atoms with Crippen LogP contribution < -0.4 is 14.8 Å². The number of nitrogens with one attached hydrogen (secondary N) is 1. The maximum atomic E-state index is 10.9. The predicted octanol–water partition coefficient (Wildman–Crippen LogP) is 2.78. The van der Waals surface area contributed by atoms with Crippen molar-refractivity contribution in [3.05, 3.63) is 33.9 Å². The molecular formula is C11H13ClN2O4. The number of methoxy groups -OCH3 is 2. The van der Waals surface area contributed by atoms with Gasteiger partial charge in [0.25, 0.3) is 5.69 Å². The molecule has 1 aromatic carbocycles. The van der Waals surface area contributed by atoms with Crippen LogP contribution in [0, 0.1) is 10.1 Å². The molecule has 0 atom stereocenters. The van der Waals surface area contributed by atoms with Crippen molar-refractivity contribution in [2.75, 3.05) is 26.1 Å². The standard InChI is InChI=1S/C11H13ClN2O4/c1-7(12)6-13-8-4-10(17-2)11(18-3)5-9(8)14(15)16/h4-5,13H,1,6H2,2-3H3. The Bertz CT molecular complexity index is 476. The van der Waals surface area contributed by atoms with Crippen LogP contribution in [0.15, 0.2) is 23.7 Å². The van der Waals surface area contributed by atoms with E-state index >= 15 is 0 Å². The van der Waals surface area contributed by atoms with Gasteiger partial charge in [-0.25, -0.2) is 0 Å². The third-order valence-corrected chi connectivity index (χ3v) is 2.30. The van der Waals surface area contributed by atoms with E-state index in [1.807, 2.05) is 0 Å². The first-order valence-corrected chi connectivity index (χ1v) is 5.35. The highest BCUT2D eigenvalue weighted by Gasteiger charge is 2.19. The molecule has 0 aliphatic heterocycles. The van der Waals surface area contributed by atoms with Crippen molar-refractivity contribution in [1.82, 2.24) is 0 Å². The number of nitro groups is 1. The molecule has 0 saturated heterocycles. The molecule has 0 fully saturated rings. The summed E-state index contributed by atoms with van der Waals surface area (Å²) in [5, 5.41) is 14.1. The van der Waals surface area contributed by atoms with Crippen LogP contribution in [-0.4, -0.2) is 25.7 Å².